The van der Waals surface area contributed by atoms with E-state index >= 15 is 0 Å². The van der Waals surface area contributed by atoms with Crippen LogP contribution >= 0.6 is 0 Å². The van der Waals surface area contributed by atoms with Gasteiger partial charge >= 0.3 is 6.09 Å². The molecule has 2 atom stereocenters. The summed E-state index contributed by atoms with van der Waals surface area (Å²) in [5.41, 5.74) is 0.611. The third-order valence-electron chi connectivity index (χ3n) is 6.88. The molecule has 11 nitrogen and oxygen atoms in total. The lowest BCUT2D eigenvalue weighted by Gasteiger charge is -2.31. The average Bonchev–Trinajstić information content (AvgIpc) is 3.57. The Morgan fingerprint density at radius 1 is 1.31 bits per heavy atom. The Morgan fingerprint density at radius 2 is 2.11 bits per heavy atom. The number of amides is 2. The molecule has 1 aromatic heterocycles. The molecule has 0 spiro atoms. The second-order valence-electron chi connectivity index (χ2n) is 9.80. The summed E-state index contributed by atoms with van der Waals surface area (Å²) in [5, 5.41) is 19.7. The Bertz CT molecular complexity index is 1130. The lowest BCUT2D eigenvalue weighted by Crippen LogP contribution is -2.43. The quantitative estimate of drug-likeness (QED) is 0.467. The first-order valence-electron chi connectivity index (χ1n) is 12.0. The van der Waals surface area contributed by atoms with Gasteiger partial charge in [0.1, 0.15) is 23.4 Å². The topological polar surface area (TPSA) is 143 Å². The van der Waals surface area contributed by atoms with E-state index in [2.05, 4.69) is 29.4 Å². The number of aromatic hydroxyl groups is 1. The molecule has 2 aliphatic rings. The van der Waals surface area contributed by atoms with Crippen LogP contribution in [-0.2, 0) is 9.53 Å². The SMILES string of the molecule is COc1cc(O)c(C=O)c(OCC(=O)Nc2cc([C@H]3CC[C@@H](OC(=O)N4CCCC4(C)C)C3)[nH]n2)c1. The van der Waals surface area contributed by atoms with Gasteiger partial charge in [-0.05, 0) is 46.0 Å². The Balaban J connectivity index is 1.28. The van der Waals surface area contributed by atoms with Crippen molar-refractivity contribution in [1.29, 1.82) is 0 Å². The molecule has 1 saturated heterocycles. The summed E-state index contributed by atoms with van der Waals surface area (Å²) >= 11 is 0. The number of benzene rings is 1. The molecule has 36 heavy (non-hydrogen) atoms. The van der Waals surface area contributed by atoms with Crippen LogP contribution in [0.5, 0.6) is 17.2 Å². The Morgan fingerprint density at radius 3 is 2.81 bits per heavy atom. The van der Waals surface area contributed by atoms with E-state index in [-0.39, 0.29) is 46.5 Å². The predicted molar refractivity (Wildman–Crippen MR) is 130 cm³/mol. The third kappa shape index (κ3) is 5.55. The number of hydrogen-bond acceptors (Lipinski definition) is 8. The zero-order valence-corrected chi connectivity index (χ0v) is 20.7. The number of methoxy groups -OCH3 is 1. The molecule has 4 rings (SSSR count). The number of ether oxygens (including phenoxy) is 3. The number of nitrogens with zero attached hydrogens (tertiary/aromatic N) is 2. The van der Waals surface area contributed by atoms with Gasteiger partial charge in [-0.15, -0.1) is 0 Å². The number of aromatic amines is 1. The molecule has 194 valence electrons. The van der Waals surface area contributed by atoms with Gasteiger partial charge in [0.05, 0.1) is 12.7 Å². The number of rotatable bonds is 8. The molecule has 2 amide bonds. The fraction of sp³-hybridized carbons (Fsp3) is 0.520. The van der Waals surface area contributed by atoms with Gasteiger partial charge < -0.3 is 29.5 Å². The summed E-state index contributed by atoms with van der Waals surface area (Å²) < 4.78 is 16.3. The van der Waals surface area contributed by atoms with Crippen LogP contribution in [0.2, 0.25) is 0 Å². The van der Waals surface area contributed by atoms with Crippen molar-refractivity contribution in [3.63, 3.8) is 0 Å². The Labute approximate surface area is 209 Å². The van der Waals surface area contributed by atoms with Gasteiger partial charge in [0.15, 0.2) is 18.7 Å². The molecule has 1 saturated carbocycles. The molecular formula is C25H32N4O7. The molecule has 3 N–H and O–H groups in total. The van der Waals surface area contributed by atoms with Crippen LogP contribution in [0.25, 0.3) is 0 Å². The van der Waals surface area contributed by atoms with E-state index in [1.807, 2.05) is 4.90 Å². The van der Waals surface area contributed by atoms with E-state index in [1.165, 1.54) is 19.2 Å². The van der Waals surface area contributed by atoms with Crippen LogP contribution in [0.1, 0.15) is 67.9 Å². The van der Waals surface area contributed by atoms with Crippen LogP contribution in [0, 0.1) is 0 Å². The number of aromatic nitrogens is 2. The zero-order chi connectivity index (χ0) is 25.9. The number of H-pyrrole nitrogens is 1. The van der Waals surface area contributed by atoms with E-state index in [9.17, 15) is 19.5 Å². The molecule has 1 aromatic carbocycles. The van der Waals surface area contributed by atoms with Crippen molar-refractivity contribution in [1.82, 2.24) is 15.1 Å². The van der Waals surface area contributed by atoms with Gasteiger partial charge in [0, 0.05) is 41.9 Å². The van der Waals surface area contributed by atoms with Crippen LogP contribution < -0.4 is 14.8 Å². The minimum Gasteiger partial charge on any atom is -0.507 e. The molecule has 0 bridgehead atoms. The molecule has 11 heteroatoms. The van der Waals surface area contributed by atoms with Crippen molar-refractivity contribution in [2.75, 3.05) is 25.6 Å². The maximum absolute atomic E-state index is 12.6. The van der Waals surface area contributed by atoms with E-state index in [1.54, 1.807) is 6.07 Å². The van der Waals surface area contributed by atoms with Crippen LogP contribution in [0.15, 0.2) is 18.2 Å². The monoisotopic (exact) mass is 500 g/mol. The fourth-order valence-electron chi connectivity index (χ4n) is 4.86. The van der Waals surface area contributed by atoms with Gasteiger partial charge in [-0.2, -0.15) is 5.10 Å². The summed E-state index contributed by atoms with van der Waals surface area (Å²) in [6.07, 6.45) is 4.31. The number of aldehydes is 1. The van der Waals surface area contributed by atoms with Gasteiger partial charge in [0.2, 0.25) is 0 Å². The van der Waals surface area contributed by atoms with Crippen molar-refractivity contribution >= 4 is 24.1 Å². The summed E-state index contributed by atoms with van der Waals surface area (Å²) in [7, 11) is 1.41. The first-order chi connectivity index (χ1) is 17.2. The first kappa shape index (κ1) is 25.3. The van der Waals surface area contributed by atoms with Gasteiger partial charge in [-0.25, -0.2) is 4.79 Å². The smallest absolute Gasteiger partial charge is 0.410 e. The van der Waals surface area contributed by atoms with E-state index in [0.29, 0.717) is 18.5 Å². The minimum atomic E-state index is -0.487. The van der Waals surface area contributed by atoms with Crippen LogP contribution in [-0.4, -0.2) is 70.4 Å². The first-order valence-corrected chi connectivity index (χ1v) is 12.0. The highest BCUT2D eigenvalue weighted by atomic mass is 16.6. The number of anilines is 1. The largest absolute Gasteiger partial charge is 0.507 e. The predicted octanol–water partition coefficient (Wildman–Crippen LogP) is 3.60. The fourth-order valence-corrected chi connectivity index (χ4v) is 4.86. The third-order valence-corrected chi connectivity index (χ3v) is 6.88. The van der Waals surface area contributed by atoms with E-state index in [4.69, 9.17) is 14.2 Å². The highest BCUT2D eigenvalue weighted by Gasteiger charge is 2.38. The number of likely N-dealkylation sites (tertiary alicyclic amines) is 1. The molecule has 2 aromatic rings. The number of nitrogens with one attached hydrogen (secondary N) is 2. The number of carbonyl (C=O) groups is 3. The summed E-state index contributed by atoms with van der Waals surface area (Å²) in [6.45, 7) is 4.45. The highest BCUT2D eigenvalue weighted by molar-refractivity contribution is 5.91. The molecule has 1 aliphatic carbocycles. The average molecular weight is 501 g/mol. The normalized spacial score (nSPS) is 20.7. The van der Waals surface area contributed by atoms with Gasteiger partial charge in [0.25, 0.3) is 5.91 Å². The molecule has 1 aliphatic heterocycles. The van der Waals surface area contributed by atoms with Crippen molar-refractivity contribution < 1.29 is 33.7 Å². The van der Waals surface area contributed by atoms with Gasteiger partial charge in [-0.1, -0.05) is 0 Å². The second-order valence-corrected chi connectivity index (χ2v) is 9.80. The number of hydrogen-bond donors (Lipinski definition) is 3. The van der Waals surface area contributed by atoms with Crippen molar-refractivity contribution in [2.45, 2.75) is 63.5 Å². The number of phenols is 1. The van der Waals surface area contributed by atoms with Crippen LogP contribution in [0.3, 0.4) is 0 Å². The summed E-state index contributed by atoms with van der Waals surface area (Å²) in [5.74, 6) is -0.000523. The van der Waals surface area contributed by atoms with Crippen molar-refractivity contribution in [2.24, 2.45) is 0 Å². The standard InChI is InChI=1S/C25H32N4O7/c1-25(2)7-4-8-29(25)24(33)36-16-6-5-15(9-16)19-12-22(28-27-19)26-23(32)14-35-21-11-17(34-3)10-20(31)18(21)13-30/h10-13,15-16,31H,4-9,14H2,1-3H3,(H2,26,27,28,32)/t15-,16+/m0/s1. The van der Waals surface area contributed by atoms with Crippen molar-refractivity contribution in [3.8, 4) is 17.2 Å². The minimum absolute atomic E-state index is 0.0311. The van der Waals surface area contributed by atoms with Crippen molar-refractivity contribution in [3.05, 3.63) is 29.5 Å². The highest BCUT2D eigenvalue weighted by Crippen LogP contribution is 2.37. The van der Waals surface area contributed by atoms with Crippen LogP contribution in [0.4, 0.5) is 10.6 Å². The number of phenolic OH excluding ortho intramolecular Hbond substituents is 1. The molecular weight excluding hydrogens is 468 g/mol. The maximum Gasteiger partial charge on any atom is 0.410 e. The number of carbonyl (C=O) groups excluding carboxylic acids is 3. The summed E-state index contributed by atoms with van der Waals surface area (Å²) in [4.78, 5) is 38.1. The lowest BCUT2D eigenvalue weighted by atomic mass is 10.0. The molecule has 0 radical (unpaired) electrons. The Kier molecular flexibility index (Phi) is 7.37. The zero-order valence-electron chi connectivity index (χ0n) is 20.7. The lowest BCUT2D eigenvalue weighted by molar-refractivity contribution is -0.118. The second kappa shape index (κ2) is 10.5. The van der Waals surface area contributed by atoms with E-state index in [0.717, 1.165) is 37.9 Å². The van der Waals surface area contributed by atoms with Gasteiger partial charge in [-0.3, -0.25) is 14.7 Å². The van der Waals surface area contributed by atoms with E-state index < -0.39 is 12.5 Å². The molecule has 0 unspecified atom stereocenters. The molecule has 2 fully saturated rings. The summed E-state index contributed by atoms with van der Waals surface area (Å²) in [6, 6.07) is 4.45. The Hall–Kier alpha value is -3.76. The maximum atomic E-state index is 12.6. The molecule has 2 heterocycles.